The SMILES string of the molecule is C1CCOC1.CC(=O)[C@@H]1CCCN1C(=O)OC(C)(C)C.CCC(O)(CC)[C@@H]1CCCN1C(=O)OC(C)(C)C.S.S.[Br-].[CH2-]C.[Mg+2]. The summed E-state index contributed by atoms with van der Waals surface area (Å²) in [6.07, 6.45) is 6.63. The van der Waals surface area contributed by atoms with Crippen molar-refractivity contribution >= 4 is 68.0 Å². The van der Waals surface area contributed by atoms with Crippen molar-refractivity contribution in [3.8, 4) is 0 Å². The molecule has 13 heteroatoms. The van der Waals surface area contributed by atoms with Crippen LogP contribution in [0.5, 0.6) is 0 Å². The van der Waals surface area contributed by atoms with Gasteiger partial charge >= 0.3 is 35.2 Å². The molecule has 0 spiro atoms. The van der Waals surface area contributed by atoms with Gasteiger partial charge in [0.15, 0.2) is 5.78 Å². The summed E-state index contributed by atoms with van der Waals surface area (Å²) in [6, 6.07) is -0.387. The second kappa shape index (κ2) is 26.1. The number of ether oxygens (including phenoxy) is 3. The van der Waals surface area contributed by atoms with E-state index in [0.29, 0.717) is 25.9 Å². The summed E-state index contributed by atoms with van der Waals surface area (Å²) < 4.78 is 15.6. The Morgan fingerprint density at radius 2 is 1.18 bits per heavy atom. The molecule has 1 N–H and O–H groups in total. The molecule has 0 aromatic heterocycles. The van der Waals surface area contributed by atoms with Crippen LogP contribution in [0.2, 0.25) is 0 Å². The maximum Gasteiger partial charge on any atom is 2.00 e. The molecule has 2 atom stereocenters. The Balaban J connectivity index is -0.000000177. The zero-order chi connectivity index (χ0) is 31.1. The average Bonchev–Trinajstić information content (AvgIpc) is 3.65. The van der Waals surface area contributed by atoms with E-state index < -0.39 is 16.8 Å². The summed E-state index contributed by atoms with van der Waals surface area (Å²) in [7, 11) is 0. The third-order valence-corrected chi connectivity index (χ3v) is 6.90. The van der Waals surface area contributed by atoms with E-state index in [9.17, 15) is 19.5 Å². The van der Waals surface area contributed by atoms with Crippen LogP contribution in [0.15, 0.2) is 0 Å². The molecule has 44 heavy (non-hydrogen) atoms. The van der Waals surface area contributed by atoms with Gasteiger partial charge in [0, 0.05) is 26.3 Å². The standard InChI is InChI=1S/C14H27NO3.C11H19NO3.C4H8O.C2H5.BrH.Mg.2H2S/c1-6-14(17,7-2)11-9-8-10-15(11)12(16)18-13(3,4)5;1-8(13)9-6-5-7-12(9)10(14)15-11(2,3)4;1-2-4-5-3-1;1-2;;;;/h11,17H,6-10H2,1-5H3;9H,5-7H2,1-4H3;1-4H2;1H2,2H3;1H;;2*1H2/q;;;-1;;+2;;/p-1/t11-;9-;;;;;;/m00....../s1. The third kappa shape index (κ3) is 20.3. The molecule has 3 heterocycles. The number of nitrogens with zero attached hydrogens (tertiary/aromatic N) is 2. The first-order chi connectivity index (χ1) is 18.5. The van der Waals surface area contributed by atoms with Crippen LogP contribution < -0.4 is 17.0 Å². The van der Waals surface area contributed by atoms with Crippen LogP contribution in [0.3, 0.4) is 0 Å². The number of carbonyl (C=O) groups is 3. The van der Waals surface area contributed by atoms with E-state index >= 15 is 0 Å². The van der Waals surface area contributed by atoms with Gasteiger partial charge in [-0.1, -0.05) is 13.8 Å². The maximum atomic E-state index is 12.1. The molecule has 0 bridgehead atoms. The van der Waals surface area contributed by atoms with E-state index in [4.69, 9.17) is 14.2 Å². The maximum absolute atomic E-state index is 12.1. The van der Waals surface area contributed by atoms with Gasteiger partial charge in [-0.3, -0.25) is 9.69 Å². The quantitative estimate of drug-likeness (QED) is 0.348. The topological polar surface area (TPSA) is 106 Å². The molecule has 3 rings (SSSR count). The van der Waals surface area contributed by atoms with Crippen LogP contribution in [-0.2, 0) is 19.0 Å². The van der Waals surface area contributed by atoms with Gasteiger partial charge in [0.2, 0.25) is 0 Å². The van der Waals surface area contributed by atoms with E-state index in [2.05, 4.69) is 6.92 Å². The fraction of sp³-hybridized carbons (Fsp3) is 0.871. The third-order valence-electron chi connectivity index (χ3n) is 6.90. The molecule has 3 saturated heterocycles. The molecule has 9 nitrogen and oxygen atoms in total. The number of rotatable bonds is 4. The van der Waals surface area contributed by atoms with Gasteiger partial charge in [0.05, 0.1) is 17.7 Å². The van der Waals surface area contributed by atoms with Crippen molar-refractivity contribution in [2.75, 3.05) is 26.3 Å². The number of halogens is 1. The first-order valence-corrected chi connectivity index (χ1v) is 15.0. The Hall–Kier alpha value is 0.0762. The van der Waals surface area contributed by atoms with Gasteiger partial charge in [0.25, 0.3) is 0 Å². The second-order valence-corrected chi connectivity index (χ2v) is 12.4. The summed E-state index contributed by atoms with van der Waals surface area (Å²) in [5, 5.41) is 10.6. The molecule has 3 fully saturated rings. The summed E-state index contributed by atoms with van der Waals surface area (Å²) in [5.41, 5.74) is -1.77. The Kier molecular flexibility index (Phi) is 31.7. The molecule has 0 saturated carbocycles. The van der Waals surface area contributed by atoms with Crippen molar-refractivity contribution < 1.29 is 50.7 Å². The summed E-state index contributed by atoms with van der Waals surface area (Å²) in [5.74, 6) is 0.0401. The molecule has 0 unspecified atom stereocenters. The van der Waals surface area contributed by atoms with Crippen molar-refractivity contribution in [3.05, 3.63) is 6.92 Å². The molecule has 3 aliphatic rings. The fourth-order valence-corrected chi connectivity index (χ4v) is 4.82. The average molecular weight is 744 g/mol. The number of likely N-dealkylation sites (tertiary alicyclic amines) is 2. The Labute approximate surface area is 309 Å². The van der Waals surface area contributed by atoms with Gasteiger partial charge in [-0.05, 0) is 99.8 Å². The van der Waals surface area contributed by atoms with Crippen molar-refractivity contribution in [1.82, 2.24) is 9.80 Å². The minimum absolute atomic E-state index is 0. The Morgan fingerprint density at radius 3 is 1.52 bits per heavy atom. The smallest absolute Gasteiger partial charge is 1.00 e. The number of aliphatic hydroxyl groups is 1. The Morgan fingerprint density at radius 1 is 0.795 bits per heavy atom. The fourth-order valence-electron chi connectivity index (χ4n) is 4.82. The van der Waals surface area contributed by atoms with Crippen molar-refractivity contribution in [1.29, 1.82) is 0 Å². The van der Waals surface area contributed by atoms with Gasteiger partial charge in [-0.15, -0.1) is 0 Å². The minimum atomic E-state index is -0.784. The van der Waals surface area contributed by atoms with Gasteiger partial charge in [0.1, 0.15) is 11.2 Å². The Bertz CT molecular complexity index is 767. The van der Waals surface area contributed by atoms with Crippen molar-refractivity contribution in [2.24, 2.45) is 0 Å². The molecular formula is C31H63BrMgN2O7S2. The van der Waals surface area contributed by atoms with Crippen LogP contribution in [-0.4, -0.2) is 111 Å². The zero-order valence-electron chi connectivity index (χ0n) is 29.2. The first kappa shape index (κ1) is 53.6. The van der Waals surface area contributed by atoms with E-state index in [1.54, 1.807) is 11.8 Å². The molecule has 0 aromatic carbocycles. The molecule has 0 aliphatic carbocycles. The number of ketones is 1. The summed E-state index contributed by atoms with van der Waals surface area (Å²) in [6.45, 7) is 24.8. The summed E-state index contributed by atoms with van der Waals surface area (Å²) >= 11 is 0. The van der Waals surface area contributed by atoms with Crippen LogP contribution in [0.4, 0.5) is 9.59 Å². The van der Waals surface area contributed by atoms with Crippen LogP contribution in [0.25, 0.3) is 0 Å². The van der Waals surface area contributed by atoms with E-state index in [-0.39, 0.29) is 97.1 Å². The van der Waals surface area contributed by atoms with Gasteiger partial charge < -0.3 is 48.1 Å². The molecular weight excluding hydrogens is 681 g/mol. The molecule has 0 radical (unpaired) electrons. The number of carbonyl (C=O) groups excluding carboxylic acids is 3. The van der Waals surface area contributed by atoms with Crippen molar-refractivity contribution in [2.45, 2.75) is 149 Å². The van der Waals surface area contributed by atoms with Crippen molar-refractivity contribution in [3.63, 3.8) is 0 Å². The molecule has 0 aromatic rings. The second-order valence-electron chi connectivity index (χ2n) is 12.4. The number of Topliss-reactive ketones (excluding diaryl/α,β-unsaturated/α-hetero) is 1. The van der Waals surface area contributed by atoms with E-state index in [0.717, 1.165) is 38.9 Å². The number of amides is 2. The van der Waals surface area contributed by atoms with E-state index in [1.165, 1.54) is 24.7 Å². The van der Waals surface area contributed by atoms with Crippen LogP contribution >= 0.6 is 27.0 Å². The minimum Gasteiger partial charge on any atom is -1.00 e. The number of hydrogen-bond acceptors (Lipinski definition) is 7. The van der Waals surface area contributed by atoms with E-state index in [1.807, 2.05) is 55.4 Å². The van der Waals surface area contributed by atoms with Crippen LogP contribution in [0, 0.1) is 6.92 Å². The predicted molar refractivity (Wildman–Crippen MR) is 186 cm³/mol. The first-order valence-electron chi connectivity index (χ1n) is 15.0. The molecule has 2 amide bonds. The zero-order valence-corrected chi connectivity index (χ0v) is 34.2. The van der Waals surface area contributed by atoms with Crippen LogP contribution in [0.1, 0.15) is 121 Å². The van der Waals surface area contributed by atoms with Gasteiger partial charge in [-0.2, -0.15) is 33.9 Å². The molecule has 260 valence electrons. The van der Waals surface area contributed by atoms with Gasteiger partial charge in [-0.25, -0.2) is 9.59 Å². The normalized spacial score (nSPS) is 18.9. The monoisotopic (exact) mass is 742 g/mol. The predicted octanol–water partition coefficient (Wildman–Crippen LogP) is 3.40. The number of hydrogen-bond donors (Lipinski definition) is 1. The molecule has 3 aliphatic heterocycles. The summed E-state index contributed by atoms with van der Waals surface area (Å²) in [4.78, 5) is 38.4. The largest absolute Gasteiger partial charge is 2.00 e.